The molecule has 0 atom stereocenters. The largest absolute Gasteiger partial charge is 0.507 e. The van der Waals surface area contributed by atoms with Gasteiger partial charge in [-0.1, -0.05) is 6.07 Å². The molecule has 3 nitrogen and oxygen atoms in total. The maximum Gasteiger partial charge on any atom is 0.257 e. The zero-order chi connectivity index (χ0) is 12.4. The van der Waals surface area contributed by atoms with E-state index in [0.717, 1.165) is 18.4 Å². The van der Waals surface area contributed by atoms with Crippen molar-refractivity contribution in [1.29, 1.82) is 0 Å². The lowest BCUT2D eigenvalue weighted by Gasteiger charge is -2.21. The molecule has 1 aromatic rings. The Morgan fingerprint density at radius 2 is 2.24 bits per heavy atom. The molecule has 1 fully saturated rings. The zero-order valence-electron chi connectivity index (χ0n) is 9.82. The number of rotatable bonds is 4. The van der Waals surface area contributed by atoms with E-state index in [1.807, 2.05) is 13.0 Å². The van der Waals surface area contributed by atoms with Gasteiger partial charge in [-0.2, -0.15) is 0 Å². The monoisotopic (exact) mass is 253 g/mol. The summed E-state index contributed by atoms with van der Waals surface area (Å²) < 4.78 is 0. The first-order valence-electron chi connectivity index (χ1n) is 5.80. The fourth-order valence-corrected chi connectivity index (χ4v) is 2.09. The average Bonchev–Trinajstić information content (AvgIpc) is 3.09. The third-order valence-corrected chi connectivity index (χ3v) is 3.13. The number of nitrogens with zero attached hydrogens (tertiary/aromatic N) is 1. The molecule has 1 amide bonds. The lowest BCUT2D eigenvalue weighted by Crippen LogP contribution is -2.34. The van der Waals surface area contributed by atoms with Crippen molar-refractivity contribution in [2.75, 3.05) is 12.4 Å². The van der Waals surface area contributed by atoms with Gasteiger partial charge in [-0.25, -0.2) is 0 Å². The molecule has 2 rings (SSSR count). The molecular weight excluding hydrogens is 238 g/mol. The highest BCUT2D eigenvalue weighted by Gasteiger charge is 2.33. The van der Waals surface area contributed by atoms with Gasteiger partial charge < -0.3 is 10.0 Å². The minimum atomic E-state index is -0.120. The maximum atomic E-state index is 12.3. The summed E-state index contributed by atoms with van der Waals surface area (Å²) in [5.41, 5.74) is 1.31. The number of hydrogen-bond donors (Lipinski definition) is 1. The fraction of sp³-hybridized carbons (Fsp3) is 0.462. The van der Waals surface area contributed by atoms with Crippen LogP contribution in [0.25, 0.3) is 0 Å². The summed E-state index contributed by atoms with van der Waals surface area (Å²) in [6.45, 7) is 2.42. The molecule has 1 aliphatic carbocycles. The number of hydrogen-bond acceptors (Lipinski definition) is 2. The summed E-state index contributed by atoms with van der Waals surface area (Å²) in [5, 5.41) is 9.80. The van der Waals surface area contributed by atoms with Gasteiger partial charge in [-0.15, -0.1) is 11.6 Å². The predicted molar refractivity (Wildman–Crippen MR) is 67.6 cm³/mol. The van der Waals surface area contributed by atoms with Gasteiger partial charge in [0, 0.05) is 18.5 Å². The number of carbonyl (C=O) groups excluding carboxylic acids is 1. The van der Waals surface area contributed by atoms with E-state index in [1.54, 1.807) is 17.0 Å². The standard InChI is InChI=1S/C13H16ClNO2/c1-9-2-5-11(12(16)8-9)13(17)15(7-6-14)10-3-4-10/h2,5,8,10,16H,3-4,6-7H2,1H3. The van der Waals surface area contributed by atoms with Gasteiger partial charge in [0.05, 0.1) is 5.56 Å². The third kappa shape index (κ3) is 2.72. The zero-order valence-corrected chi connectivity index (χ0v) is 10.6. The van der Waals surface area contributed by atoms with Gasteiger partial charge in [0.25, 0.3) is 5.91 Å². The van der Waals surface area contributed by atoms with E-state index in [2.05, 4.69) is 0 Å². The van der Waals surface area contributed by atoms with Crippen molar-refractivity contribution < 1.29 is 9.90 Å². The molecular formula is C13H16ClNO2. The van der Waals surface area contributed by atoms with E-state index in [4.69, 9.17) is 11.6 Å². The second-order valence-electron chi connectivity index (χ2n) is 4.44. The van der Waals surface area contributed by atoms with Crippen LogP contribution >= 0.6 is 11.6 Å². The van der Waals surface area contributed by atoms with Gasteiger partial charge in [-0.3, -0.25) is 4.79 Å². The molecule has 1 aliphatic rings. The number of amides is 1. The molecule has 4 heteroatoms. The molecule has 1 aromatic carbocycles. The first-order valence-corrected chi connectivity index (χ1v) is 6.33. The van der Waals surface area contributed by atoms with Crippen LogP contribution in [-0.4, -0.2) is 34.4 Å². The minimum Gasteiger partial charge on any atom is -0.507 e. The fourth-order valence-electron chi connectivity index (χ4n) is 1.90. The summed E-state index contributed by atoms with van der Waals surface area (Å²) in [6, 6.07) is 5.43. The average molecular weight is 254 g/mol. The summed E-state index contributed by atoms with van der Waals surface area (Å²) >= 11 is 5.71. The van der Waals surface area contributed by atoms with E-state index >= 15 is 0 Å². The Balaban J connectivity index is 2.22. The lowest BCUT2D eigenvalue weighted by atomic mass is 10.1. The normalized spacial score (nSPS) is 14.7. The topological polar surface area (TPSA) is 40.5 Å². The molecule has 1 N–H and O–H groups in total. The lowest BCUT2D eigenvalue weighted by molar-refractivity contribution is 0.0750. The molecule has 0 bridgehead atoms. The first-order chi connectivity index (χ1) is 8.13. The van der Waals surface area contributed by atoms with Crippen LogP contribution in [0, 0.1) is 6.92 Å². The second-order valence-corrected chi connectivity index (χ2v) is 4.82. The van der Waals surface area contributed by atoms with Crippen LogP contribution in [0.15, 0.2) is 18.2 Å². The Kier molecular flexibility index (Phi) is 3.57. The van der Waals surface area contributed by atoms with Crippen molar-refractivity contribution in [3.8, 4) is 5.75 Å². The number of carbonyl (C=O) groups is 1. The number of benzene rings is 1. The summed E-state index contributed by atoms with van der Waals surface area (Å²) in [5.74, 6) is 0.357. The van der Waals surface area contributed by atoms with Crippen LogP contribution in [0.1, 0.15) is 28.8 Å². The molecule has 0 saturated heterocycles. The molecule has 0 unspecified atom stereocenters. The quantitative estimate of drug-likeness (QED) is 0.838. The van der Waals surface area contributed by atoms with Crippen molar-refractivity contribution in [2.24, 2.45) is 0 Å². The van der Waals surface area contributed by atoms with E-state index in [-0.39, 0.29) is 11.7 Å². The Labute approximate surface area is 106 Å². The number of phenolic OH excluding ortho intramolecular Hbond substituents is 1. The van der Waals surface area contributed by atoms with Crippen LogP contribution in [0.4, 0.5) is 0 Å². The molecule has 0 heterocycles. The Bertz CT molecular complexity index is 429. The van der Waals surface area contributed by atoms with Crippen LogP contribution in [-0.2, 0) is 0 Å². The smallest absolute Gasteiger partial charge is 0.257 e. The molecule has 0 spiro atoms. The maximum absolute atomic E-state index is 12.3. The van der Waals surface area contributed by atoms with Gasteiger partial charge >= 0.3 is 0 Å². The SMILES string of the molecule is Cc1ccc(C(=O)N(CCCl)C2CC2)c(O)c1. The van der Waals surface area contributed by atoms with E-state index in [1.165, 1.54) is 0 Å². The van der Waals surface area contributed by atoms with Crippen molar-refractivity contribution in [1.82, 2.24) is 4.90 Å². The van der Waals surface area contributed by atoms with Gasteiger partial charge in [0.2, 0.25) is 0 Å². The number of aromatic hydroxyl groups is 1. The predicted octanol–water partition coefficient (Wildman–Crippen LogP) is 2.54. The van der Waals surface area contributed by atoms with Crippen LogP contribution in [0.5, 0.6) is 5.75 Å². The van der Waals surface area contributed by atoms with Crippen LogP contribution in [0.2, 0.25) is 0 Å². The molecule has 0 aliphatic heterocycles. The second kappa shape index (κ2) is 4.96. The Hall–Kier alpha value is -1.22. The van der Waals surface area contributed by atoms with E-state index < -0.39 is 0 Å². The van der Waals surface area contributed by atoms with Crippen molar-refractivity contribution >= 4 is 17.5 Å². The minimum absolute atomic E-state index is 0.0511. The molecule has 17 heavy (non-hydrogen) atoms. The number of phenols is 1. The number of halogens is 1. The Morgan fingerprint density at radius 3 is 2.76 bits per heavy atom. The third-order valence-electron chi connectivity index (χ3n) is 2.96. The first kappa shape index (κ1) is 12.2. The Morgan fingerprint density at radius 1 is 1.53 bits per heavy atom. The van der Waals surface area contributed by atoms with Crippen molar-refractivity contribution in [3.63, 3.8) is 0 Å². The van der Waals surface area contributed by atoms with Crippen molar-refractivity contribution in [2.45, 2.75) is 25.8 Å². The highest BCUT2D eigenvalue weighted by atomic mass is 35.5. The van der Waals surface area contributed by atoms with E-state index in [0.29, 0.717) is 24.0 Å². The van der Waals surface area contributed by atoms with Crippen LogP contribution < -0.4 is 0 Å². The molecule has 0 aromatic heterocycles. The number of alkyl halides is 1. The van der Waals surface area contributed by atoms with E-state index in [9.17, 15) is 9.90 Å². The van der Waals surface area contributed by atoms with Gasteiger partial charge in [-0.05, 0) is 37.5 Å². The molecule has 1 saturated carbocycles. The van der Waals surface area contributed by atoms with Crippen molar-refractivity contribution in [3.05, 3.63) is 29.3 Å². The summed E-state index contributed by atoms with van der Waals surface area (Å²) in [4.78, 5) is 14.0. The number of aryl methyl sites for hydroxylation is 1. The molecule has 92 valence electrons. The van der Waals surface area contributed by atoms with Crippen LogP contribution in [0.3, 0.4) is 0 Å². The highest BCUT2D eigenvalue weighted by molar-refractivity contribution is 6.18. The highest BCUT2D eigenvalue weighted by Crippen LogP contribution is 2.30. The van der Waals surface area contributed by atoms with Gasteiger partial charge in [0.15, 0.2) is 0 Å². The summed E-state index contributed by atoms with van der Waals surface area (Å²) in [6.07, 6.45) is 2.07. The van der Waals surface area contributed by atoms with Gasteiger partial charge in [0.1, 0.15) is 5.75 Å². The molecule has 0 radical (unpaired) electrons. The summed E-state index contributed by atoms with van der Waals surface area (Å²) in [7, 11) is 0.